The molecular weight excluding hydrogens is 374 g/mol. The summed E-state index contributed by atoms with van der Waals surface area (Å²) in [6, 6.07) is 9.89. The number of phenolic OH excluding ortho intramolecular Hbond substituents is 1. The summed E-state index contributed by atoms with van der Waals surface area (Å²) in [5.41, 5.74) is 2.73. The third-order valence-corrected chi connectivity index (χ3v) is 6.72. The number of allylic oxidation sites excluding steroid dienone is 2. The molecule has 3 aromatic rings. The quantitative estimate of drug-likeness (QED) is 0.647. The van der Waals surface area contributed by atoms with Crippen LogP contribution in [0.2, 0.25) is 0 Å². The molecule has 1 N–H and O–H groups in total. The highest BCUT2D eigenvalue weighted by Gasteiger charge is 2.46. The highest BCUT2D eigenvalue weighted by Crippen LogP contribution is 2.54. The van der Waals surface area contributed by atoms with E-state index in [9.17, 15) is 5.11 Å². The molecule has 2 bridgehead atoms. The Bertz CT molecular complexity index is 1070. The normalized spacial score (nSPS) is 27.4. The van der Waals surface area contributed by atoms with E-state index in [0.717, 1.165) is 24.3 Å². The maximum absolute atomic E-state index is 10.5. The molecule has 3 atom stereocenters. The van der Waals surface area contributed by atoms with E-state index >= 15 is 0 Å². The smallest absolute Gasteiger partial charge is 0.151 e. The van der Waals surface area contributed by atoms with Crippen LogP contribution in [0.3, 0.4) is 0 Å². The molecule has 2 heterocycles. The van der Waals surface area contributed by atoms with Crippen molar-refractivity contribution in [1.29, 1.82) is 0 Å². The number of hydrogen-bond donors (Lipinski definition) is 1. The van der Waals surface area contributed by atoms with Crippen molar-refractivity contribution >= 4 is 5.82 Å². The molecule has 2 aromatic heterocycles. The van der Waals surface area contributed by atoms with Crippen LogP contribution in [0.5, 0.6) is 5.75 Å². The van der Waals surface area contributed by atoms with Gasteiger partial charge in [-0.2, -0.15) is 0 Å². The van der Waals surface area contributed by atoms with Crippen molar-refractivity contribution in [2.24, 2.45) is 10.8 Å². The molecule has 1 saturated carbocycles. The van der Waals surface area contributed by atoms with Crippen molar-refractivity contribution in [3.63, 3.8) is 0 Å². The minimum absolute atomic E-state index is 0.174. The van der Waals surface area contributed by atoms with E-state index in [4.69, 9.17) is 0 Å². The summed E-state index contributed by atoms with van der Waals surface area (Å²) in [5, 5.41) is 19.4. The van der Waals surface area contributed by atoms with Crippen molar-refractivity contribution < 1.29 is 5.11 Å². The molecule has 30 heavy (non-hydrogen) atoms. The predicted molar refractivity (Wildman–Crippen MR) is 118 cm³/mol. The number of anilines is 1. The van der Waals surface area contributed by atoms with Crippen LogP contribution >= 0.6 is 0 Å². The Morgan fingerprint density at radius 2 is 1.83 bits per heavy atom. The lowest BCUT2D eigenvalue weighted by Crippen LogP contribution is -2.43. The SMILES string of the molecule is CN(c1ccc(-c2ccc(-n3ccnc3)cc2O)nn1)C1C[C@]2(C)C=C[C@](C)(C1)C2. The van der Waals surface area contributed by atoms with E-state index in [2.05, 4.69) is 53.1 Å². The first-order chi connectivity index (χ1) is 14.3. The van der Waals surface area contributed by atoms with Gasteiger partial charge in [-0.25, -0.2) is 4.98 Å². The van der Waals surface area contributed by atoms with Crippen molar-refractivity contribution in [2.45, 2.75) is 39.2 Å². The van der Waals surface area contributed by atoms with E-state index < -0.39 is 0 Å². The van der Waals surface area contributed by atoms with Gasteiger partial charge in [-0.3, -0.25) is 0 Å². The van der Waals surface area contributed by atoms with Gasteiger partial charge in [0.1, 0.15) is 5.75 Å². The van der Waals surface area contributed by atoms with E-state index in [0.29, 0.717) is 17.3 Å². The highest BCUT2D eigenvalue weighted by atomic mass is 16.3. The van der Waals surface area contributed by atoms with E-state index in [1.807, 2.05) is 35.0 Å². The molecule has 0 amide bonds. The largest absolute Gasteiger partial charge is 0.507 e. The van der Waals surface area contributed by atoms with E-state index in [1.165, 1.54) is 6.42 Å². The fourth-order valence-corrected chi connectivity index (χ4v) is 5.30. The van der Waals surface area contributed by atoms with Gasteiger partial charge in [-0.05, 0) is 54.4 Å². The zero-order chi connectivity index (χ0) is 20.9. The average molecular weight is 402 g/mol. The van der Waals surface area contributed by atoms with Gasteiger partial charge in [0.05, 0.1) is 17.7 Å². The second-order valence-electron chi connectivity index (χ2n) is 9.44. The second-order valence-corrected chi connectivity index (χ2v) is 9.44. The van der Waals surface area contributed by atoms with Gasteiger partial charge >= 0.3 is 0 Å². The number of aromatic hydroxyl groups is 1. The van der Waals surface area contributed by atoms with Crippen LogP contribution in [0.4, 0.5) is 5.82 Å². The molecule has 154 valence electrons. The van der Waals surface area contributed by atoms with Crippen LogP contribution < -0.4 is 4.90 Å². The third kappa shape index (κ3) is 3.26. The molecule has 2 aliphatic carbocycles. The molecule has 2 aliphatic rings. The number of nitrogens with zero attached hydrogens (tertiary/aromatic N) is 5. The molecule has 0 aliphatic heterocycles. The summed E-state index contributed by atoms with van der Waals surface area (Å²) in [6.45, 7) is 4.72. The summed E-state index contributed by atoms with van der Waals surface area (Å²) < 4.78 is 1.85. The Morgan fingerprint density at radius 1 is 1.07 bits per heavy atom. The molecule has 1 unspecified atom stereocenters. The first-order valence-electron chi connectivity index (χ1n) is 10.4. The predicted octanol–water partition coefficient (Wildman–Crippen LogP) is 4.61. The molecule has 6 nitrogen and oxygen atoms in total. The van der Waals surface area contributed by atoms with Crippen LogP contribution in [0.25, 0.3) is 16.9 Å². The molecule has 1 aromatic carbocycles. The van der Waals surface area contributed by atoms with Gasteiger partial charge in [0.25, 0.3) is 0 Å². The lowest BCUT2D eigenvalue weighted by atomic mass is 9.67. The van der Waals surface area contributed by atoms with Crippen LogP contribution in [-0.4, -0.2) is 37.9 Å². The average Bonchev–Trinajstić information content (AvgIpc) is 3.33. The standard InChI is InChI=1S/C24H27N5O/c1-23-8-9-24(2,15-23)14-18(13-23)28(3)22-7-6-20(26-27-22)19-5-4-17(12-21(19)30)29-11-10-25-16-29/h4-12,16,18,30H,13-15H2,1-3H3/t18?,23-,24+. The first-order valence-corrected chi connectivity index (χ1v) is 10.4. The number of aromatic nitrogens is 4. The van der Waals surface area contributed by atoms with Gasteiger partial charge < -0.3 is 14.6 Å². The molecule has 1 fully saturated rings. The van der Waals surface area contributed by atoms with Crippen LogP contribution in [0.1, 0.15) is 33.1 Å². The Kier molecular flexibility index (Phi) is 4.20. The Morgan fingerprint density at radius 3 is 2.43 bits per heavy atom. The topological polar surface area (TPSA) is 67.1 Å². The molecule has 0 radical (unpaired) electrons. The zero-order valence-corrected chi connectivity index (χ0v) is 17.7. The Hall–Kier alpha value is -3.15. The van der Waals surface area contributed by atoms with Crippen molar-refractivity contribution in [3.8, 4) is 22.7 Å². The van der Waals surface area contributed by atoms with Crippen molar-refractivity contribution in [3.05, 3.63) is 61.2 Å². The summed E-state index contributed by atoms with van der Waals surface area (Å²) in [5.74, 6) is 1.04. The van der Waals surface area contributed by atoms with Crippen molar-refractivity contribution in [2.75, 3.05) is 11.9 Å². The molecular formula is C24H27N5O. The number of imidazole rings is 1. The minimum atomic E-state index is 0.174. The fraction of sp³-hybridized carbons (Fsp3) is 0.375. The fourth-order valence-electron chi connectivity index (χ4n) is 5.30. The Labute approximate surface area is 176 Å². The van der Waals surface area contributed by atoms with Crippen molar-refractivity contribution in [1.82, 2.24) is 19.7 Å². The third-order valence-electron chi connectivity index (χ3n) is 6.72. The number of rotatable bonds is 4. The second kappa shape index (κ2) is 6.69. The number of benzene rings is 1. The molecule has 0 saturated heterocycles. The van der Waals surface area contributed by atoms with Gasteiger partial charge in [0.15, 0.2) is 5.82 Å². The number of fused-ring (bicyclic) bond motifs is 2. The molecule has 6 heteroatoms. The maximum Gasteiger partial charge on any atom is 0.151 e. The summed E-state index contributed by atoms with van der Waals surface area (Å²) in [7, 11) is 2.11. The van der Waals surface area contributed by atoms with Gasteiger partial charge in [0.2, 0.25) is 0 Å². The van der Waals surface area contributed by atoms with Crippen LogP contribution in [0.15, 0.2) is 61.2 Å². The summed E-state index contributed by atoms with van der Waals surface area (Å²) in [4.78, 5) is 6.31. The van der Waals surface area contributed by atoms with Gasteiger partial charge in [-0.1, -0.05) is 26.0 Å². The number of hydrogen-bond acceptors (Lipinski definition) is 5. The minimum Gasteiger partial charge on any atom is -0.507 e. The van der Waals surface area contributed by atoms with E-state index in [-0.39, 0.29) is 16.6 Å². The molecule has 0 spiro atoms. The summed E-state index contributed by atoms with van der Waals surface area (Å²) >= 11 is 0. The van der Waals surface area contributed by atoms with E-state index in [1.54, 1.807) is 18.6 Å². The van der Waals surface area contributed by atoms with Gasteiger partial charge in [0, 0.05) is 37.1 Å². The maximum atomic E-state index is 10.5. The highest BCUT2D eigenvalue weighted by molar-refractivity contribution is 5.69. The lowest BCUT2D eigenvalue weighted by Gasteiger charge is -2.44. The number of phenols is 1. The monoisotopic (exact) mass is 401 g/mol. The van der Waals surface area contributed by atoms with Crippen LogP contribution in [0, 0.1) is 10.8 Å². The Balaban J connectivity index is 1.36. The summed E-state index contributed by atoms with van der Waals surface area (Å²) in [6.07, 6.45) is 13.6. The van der Waals surface area contributed by atoms with Gasteiger partial charge in [-0.15, -0.1) is 10.2 Å². The van der Waals surface area contributed by atoms with Crippen LogP contribution in [-0.2, 0) is 0 Å². The first kappa shape index (κ1) is 18.9. The lowest BCUT2D eigenvalue weighted by molar-refractivity contribution is 0.169. The zero-order valence-electron chi connectivity index (χ0n) is 17.7. The molecule has 5 rings (SSSR count).